The van der Waals surface area contributed by atoms with Crippen LogP contribution in [0.4, 0.5) is 5.69 Å². The Bertz CT molecular complexity index is 645. The minimum absolute atomic E-state index is 0.216. The highest BCUT2D eigenvalue weighted by atomic mass is 35.5. The van der Waals surface area contributed by atoms with Crippen LogP contribution in [0.2, 0.25) is 5.02 Å². The van der Waals surface area contributed by atoms with E-state index in [4.69, 9.17) is 16.3 Å². The zero-order valence-electron chi connectivity index (χ0n) is 13.6. The first-order chi connectivity index (χ1) is 11.3. The summed E-state index contributed by atoms with van der Waals surface area (Å²) in [6.07, 6.45) is 1.11. The van der Waals surface area contributed by atoms with Crippen LogP contribution in [-0.4, -0.2) is 75.7 Å². The largest absolute Gasteiger partial charge is 0.379 e. The Kier molecular flexibility index (Phi) is 7.00. The summed E-state index contributed by atoms with van der Waals surface area (Å²) in [4.78, 5) is 14.2. The molecule has 0 unspecified atom stereocenters. The molecule has 24 heavy (non-hydrogen) atoms. The lowest BCUT2D eigenvalue weighted by molar-refractivity contribution is -0.116. The minimum atomic E-state index is -3.47. The van der Waals surface area contributed by atoms with E-state index in [1.807, 2.05) is 0 Å². The van der Waals surface area contributed by atoms with Gasteiger partial charge in [-0.2, -0.15) is 4.31 Å². The molecule has 0 atom stereocenters. The van der Waals surface area contributed by atoms with Crippen LogP contribution >= 0.6 is 11.6 Å². The average molecular weight is 376 g/mol. The van der Waals surface area contributed by atoms with Crippen LogP contribution < -0.4 is 5.32 Å². The van der Waals surface area contributed by atoms with Crippen LogP contribution in [0, 0.1) is 0 Å². The number of carbonyl (C=O) groups excluding carboxylic acids is 1. The summed E-state index contributed by atoms with van der Waals surface area (Å²) >= 11 is 5.79. The summed E-state index contributed by atoms with van der Waals surface area (Å²) in [5.74, 6) is -0.385. The van der Waals surface area contributed by atoms with Gasteiger partial charge >= 0.3 is 0 Å². The van der Waals surface area contributed by atoms with Crippen LogP contribution in [0.25, 0.3) is 0 Å². The van der Waals surface area contributed by atoms with E-state index in [9.17, 15) is 13.2 Å². The SMILES string of the molecule is CS(=O)(=O)N(CCN1CCOCC1)CC(=O)Nc1ccc(Cl)cc1. The fourth-order valence-corrected chi connectivity index (χ4v) is 3.22. The molecular formula is C15H22ClN3O4S. The number of hydrogen-bond acceptors (Lipinski definition) is 5. The molecule has 0 aliphatic carbocycles. The predicted molar refractivity (Wildman–Crippen MR) is 93.8 cm³/mol. The molecule has 2 rings (SSSR count). The topological polar surface area (TPSA) is 79.0 Å². The van der Waals surface area contributed by atoms with Crippen molar-refractivity contribution < 1.29 is 17.9 Å². The normalized spacial score (nSPS) is 16.3. The van der Waals surface area contributed by atoms with E-state index >= 15 is 0 Å². The van der Waals surface area contributed by atoms with E-state index in [0.29, 0.717) is 30.5 Å². The summed E-state index contributed by atoms with van der Waals surface area (Å²) < 4.78 is 30.3. The Balaban J connectivity index is 1.90. The Morgan fingerprint density at radius 3 is 2.50 bits per heavy atom. The highest BCUT2D eigenvalue weighted by Crippen LogP contribution is 2.13. The third-order valence-electron chi connectivity index (χ3n) is 3.69. The fourth-order valence-electron chi connectivity index (χ4n) is 2.33. The Morgan fingerprint density at radius 1 is 1.29 bits per heavy atom. The van der Waals surface area contributed by atoms with Gasteiger partial charge in [0.25, 0.3) is 0 Å². The summed E-state index contributed by atoms with van der Waals surface area (Å²) in [7, 11) is -3.47. The molecule has 0 saturated carbocycles. The van der Waals surface area contributed by atoms with Crippen molar-refractivity contribution in [2.75, 3.05) is 57.5 Å². The molecule has 0 spiro atoms. The minimum Gasteiger partial charge on any atom is -0.379 e. The van der Waals surface area contributed by atoms with Crippen LogP contribution in [0.3, 0.4) is 0 Å². The lowest BCUT2D eigenvalue weighted by Gasteiger charge is -2.29. The van der Waals surface area contributed by atoms with Gasteiger partial charge in [-0.25, -0.2) is 8.42 Å². The van der Waals surface area contributed by atoms with E-state index in [2.05, 4.69) is 10.2 Å². The average Bonchev–Trinajstić information content (AvgIpc) is 2.53. The first-order valence-electron chi connectivity index (χ1n) is 7.65. The fraction of sp³-hybridized carbons (Fsp3) is 0.533. The summed E-state index contributed by atoms with van der Waals surface area (Å²) in [5, 5.41) is 3.24. The molecule has 9 heteroatoms. The Morgan fingerprint density at radius 2 is 1.92 bits per heavy atom. The third kappa shape index (κ3) is 6.37. The second kappa shape index (κ2) is 8.77. The molecule has 1 amide bonds. The van der Waals surface area contributed by atoms with Gasteiger partial charge in [-0.15, -0.1) is 0 Å². The first-order valence-corrected chi connectivity index (χ1v) is 9.88. The van der Waals surface area contributed by atoms with Gasteiger partial charge in [0.05, 0.1) is 26.0 Å². The molecule has 1 aliphatic heterocycles. The maximum atomic E-state index is 12.1. The quantitative estimate of drug-likeness (QED) is 0.765. The van der Waals surface area contributed by atoms with Crippen molar-refractivity contribution in [1.29, 1.82) is 0 Å². The number of carbonyl (C=O) groups is 1. The number of morpholine rings is 1. The highest BCUT2D eigenvalue weighted by molar-refractivity contribution is 7.88. The van der Waals surface area contributed by atoms with Crippen molar-refractivity contribution in [2.24, 2.45) is 0 Å². The van der Waals surface area contributed by atoms with E-state index in [0.717, 1.165) is 19.3 Å². The van der Waals surface area contributed by atoms with Gasteiger partial charge in [-0.05, 0) is 24.3 Å². The summed E-state index contributed by atoms with van der Waals surface area (Å²) in [5.41, 5.74) is 0.575. The van der Waals surface area contributed by atoms with Gasteiger partial charge < -0.3 is 10.1 Å². The number of anilines is 1. The molecule has 1 heterocycles. The summed E-state index contributed by atoms with van der Waals surface area (Å²) in [6.45, 7) is 3.47. The molecule has 1 aromatic rings. The molecule has 134 valence electrons. The van der Waals surface area contributed by atoms with Crippen molar-refractivity contribution >= 4 is 33.2 Å². The third-order valence-corrected chi connectivity index (χ3v) is 5.19. The molecule has 1 fully saturated rings. The lowest BCUT2D eigenvalue weighted by Crippen LogP contribution is -2.45. The van der Waals surface area contributed by atoms with Crippen molar-refractivity contribution in [3.05, 3.63) is 29.3 Å². The van der Waals surface area contributed by atoms with Gasteiger partial charge in [0, 0.05) is 36.9 Å². The molecule has 0 bridgehead atoms. The maximum Gasteiger partial charge on any atom is 0.239 e. The molecular weight excluding hydrogens is 354 g/mol. The van der Waals surface area contributed by atoms with Crippen LogP contribution in [0.5, 0.6) is 0 Å². The van der Waals surface area contributed by atoms with Crippen molar-refractivity contribution in [3.63, 3.8) is 0 Å². The molecule has 0 radical (unpaired) electrons. The van der Waals surface area contributed by atoms with Crippen molar-refractivity contribution in [2.45, 2.75) is 0 Å². The van der Waals surface area contributed by atoms with Gasteiger partial charge in [-0.3, -0.25) is 9.69 Å². The molecule has 0 aromatic heterocycles. The second-order valence-electron chi connectivity index (χ2n) is 5.61. The van der Waals surface area contributed by atoms with Gasteiger partial charge in [0.2, 0.25) is 15.9 Å². The van der Waals surface area contributed by atoms with Crippen molar-refractivity contribution in [3.8, 4) is 0 Å². The van der Waals surface area contributed by atoms with Gasteiger partial charge in [-0.1, -0.05) is 11.6 Å². The number of sulfonamides is 1. The number of rotatable bonds is 7. The smallest absolute Gasteiger partial charge is 0.239 e. The predicted octanol–water partition coefficient (Wildman–Crippen LogP) is 0.872. The lowest BCUT2D eigenvalue weighted by atomic mass is 10.3. The number of hydrogen-bond donors (Lipinski definition) is 1. The molecule has 1 N–H and O–H groups in total. The number of ether oxygens (including phenoxy) is 1. The zero-order chi connectivity index (χ0) is 17.6. The number of nitrogens with zero attached hydrogens (tertiary/aromatic N) is 2. The number of amides is 1. The van der Waals surface area contributed by atoms with Gasteiger partial charge in [0.15, 0.2) is 0 Å². The van der Waals surface area contributed by atoms with E-state index in [1.54, 1.807) is 24.3 Å². The van der Waals surface area contributed by atoms with Crippen molar-refractivity contribution in [1.82, 2.24) is 9.21 Å². The number of benzene rings is 1. The Hall–Kier alpha value is -1.19. The highest BCUT2D eigenvalue weighted by Gasteiger charge is 2.21. The standard InChI is InChI=1S/C15H22ClN3O4S/c1-24(21,22)19(7-6-18-8-10-23-11-9-18)12-15(20)17-14-4-2-13(16)3-5-14/h2-5H,6-12H2,1H3,(H,17,20). The molecule has 1 saturated heterocycles. The number of halogens is 1. The van der Waals surface area contributed by atoms with Gasteiger partial charge in [0.1, 0.15) is 0 Å². The second-order valence-corrected chi connectivity index (χ2v) is 8.02. The van der Waals surface area contributed by atoms with Crippen LogP contribution in [0.1, 0.15) is 0 Å². The van der Waals surface area contributed by atoms with E-state index in [1.165, 1.54) is 4.31 Å². The summed E-state index contributed by atoms with van der Waals surface area (Å²) in [6, 6.07) is 6.64. The molecule has 1 aromatic carbocycles. The van der Waals surface area contributed by atoms with Crippen LogP contribution in [0.15, 0.2) is 24.3 Å². The molecule has 1 aliphatic rings. The van der Waals surface area contributed by atoms with E-state index in [-0.39, 0.29) is 19.0 Å². The van der Waals surface area contributed by atoms with Crippen LogP contribution in [-0.2, 0) is 19.6 Å². The molecule has 7 nitrogen and oxygen atoms in total. The monoisotopic (exact) mass is 375 g/mol. The first kappa shape index (κ1) is 19.1. The Labute approximate surface area is 147 Å². The van der Waals surface area contributed by atoms with E-state index < -0.39 is 10.0 Å². The maximum absolute atomic E-state index is 12.1. The zero-order valence-corrected chi connectivity index (χ0v) is 15.1. The number of nitrogens with one attached hydrogen (secondary N) is 1.